The van der Waals surface area contributed by atoms with E-state index in [2.05, 4.69) is 10.8 Å². The van der Waals surface area contributed by atoms with Gasteiger partial charge >= 0.3 is 5.97 Å². The number of nitriles is 1. The highest BCUT2D eigenvalue weighted by Gasteiger charge is 2.51. The second kappa shape index (κ2) is 5.80. The molecule has 20 heavy (non-hydrogen) atoms. The molecule has 0 bridgehead atoms. The van der Waals surface area contributed by atoms with E-state index < -0.39 is 5.41 Å². The summed E-state index contributed by atoms with van der Waals surface area (Å²) in [5, 5.41) is 9.30. The average molecular weight is 280 g/mol. The van der Waals surface area contributed by atoms with E-state index in [1.54, 1.807) is 4.90 Å². The summed E-state index contributed by atoms with van der Waals surface area (Å²) in [7, 11) is 1.33. The number of hydrogen-bond acceptors (Lipinski definition) is 5. The van der Waals surface area contributed by atoms with E-state index in [4.69, 9.17) is 4.74 Å². The number of morpholine rings is 1. The minimum absolute atomic E-state index is 0.115. The summed E-state index contributed by atoms with van der Waals surface area (Å²) >= 11 is 0. The number of nitrogens with zero attached hydrogens (tertiary/aromatic N) is 2. The minimum Gasteiger partial charge on any atom is -0.469 e. The number of hydrogen-bond donors (Lipinski definition) is 0. The van der Waals surface area contributed by atoms with Gasteiger partial charge in [0.1, 0.15) is 5.41 Å². The molecule has 0 aromatic carbocycles. The molecule has 1 saturated heterocycles. The Morgan fingerprint density at radius 2 is 2.20 bits per heavy atom. The molecule has 6 nitrogen and oxygen atoms in total. The van der Waals surface area contributed by atoms with Gasteiger partial charge in [-0.25, -0.2) is 0 Å². The van der Waals surface area contributed by atoms with Crippen LogP contribution in [0.5, 0.6) is 0 Å². The predicted octanol–water partition coefficient (Wildman–Crippen LogP) is 0.717. The van der Waals surface area contributed by atoms with E-state index in [-0.39, 0.29) is 24.4 Å². The molecule has 110 valence electrons. The van der Waals surface area contributed by atoms with Crippen LogP contribution in [0.3, 0.4) is 0 Å². The topological polar surface area (TPSA) is 79.6 Å². The van der Waals surface area contributed by atoms with Crippen molar-refractivity contribution < 1.29 is 19.1 Å². The van der Waals surface area contributed by atoms with Crippen LogP contribution in [0.4, 0.5) is 0 Å². The Labute approximate surface area is 118 Å². The van der Waals surface area contributed by atoms with Crippen LogP contribution in [0.25, 0.3) is 0 Å². The van der Waals surface area contributed by atoms with Crippen molar-refractivity contribution in [3.8, 4) is 6.07 Å². The molecule has 0 spiro atoms. The number of rotatable bonds is 3. The van der Waals surface area contributed by atoms with Gasteiger partial charge in [-0.05, 0) is 18.8 Å². The lowest BCUT2D eigenvalue weighted by molar-refractivity contribution is -0.157. The molecule has 2 aliphatic rings. The second-order valence-corrected chi connectivity index (χ2v) is 5.73. The maximum atomic E-state index is 12.5. The number of methoxy groups -OCH3 is 1. The fourth-order valence-electron chi connectivity index (χ4n) is 3.04. The zero-order chi connectivity index (χ0) is 14.8. The number of carbonyl (C=O) groups excluding carboxylic acids is 2. The van der Waals surface area contributed by atoms with E-state index in [9.17, 15) is 14.9 Å². The van der Waals surface area contributed by atoms with Crippen LogP contribution >= 0.6 is 0 Å². The molecule has 2 fully saturated rings. The van der Waals surface area contributed by atoms with Gasteiger partial charge in [-0.3, -0.25) is 9.59 Å². The molecular weight excluding hydrogens is 260 g/mol. The smallest absolute Gasteiger partial charge is 0.308 e. The maximum absolute atomic E-state index is 12.5. The van der Waals surface area contributed by atoms with Gasteiger partial charge in [0.05, 0.1) is 32.3 Å². The molecule has 1 heterocycles. The molecular formula is C14H20N2O4. The van der Waals surface area contributed by atoms with Crippen molar-refractivity contribution >= 4 is 11.9 Å². The van der Waals surface area contributed by atoms with Crippen LogP contribution in [0.15, 0.2) is 0 Å². The first-order valence-corrected chi connectivity index (χ1v) is 6.90. The summed E-state index contributed by atoms with van der Waals surface area (Å²) in [6.45, 7) is 3.27. The number of esters is 1. The lowest BCUT2D eigenvalue weighted by Crippen LogP contribution is -2.55. The summed E-state index contributed by atoms with van der Waals surface area (Å²) in [6.07, 6.45) is 1.05. The zero-order valence-electron chi connectivity index (χ0n) is 11.9. The van der Waals surface area contributed by atoms with Gasteiger partial charge in [0, 0.05) is 13.1 Å². The second-order valence-electron chi connectivity index (χ2n) is 5.73. The van der Waals surface area contributed by atoms with Crippen molar-refractivity contribution in [2.45, 2.75) is 32.3 Å². The molecule has 0 aromatic heterocycles. The first-order chi connectivity index (χ1) is 9.50. The van der Waals surface area contributed by atoms with Crippen LogP contribution in [-0.4, -0.2) is 49.7 Å². The largest absolute Gasteiger partial charge is 0.469 e. The van der Waals surface area contributed by atoms with E-state index in [1.165, 1.54) is 7.11 Å². The van der Waals surface area contributed by atoms with Gasteiger partial charge in [0.15, 0.2) is 0 Å². The van der Waals surface area contributed by atoms with Crippen LogP contribution in [0.2, 0.25) is 0 Å². The van der Waals surface area contributed by atoms with Gasteiger partial charge in [-0.15, -0.1) is 0 Å². The van der Waals surface area contributed by atoms with E-state index in [0.717, 1.165) is 0 Å². The number of carbonyl (C=O) groups is 2. The average Bonchev–Trinajstić information content (AvgIpc) is 2.43. The summed E-state index contributed by atoms with van der Waals surface area (Å²) < 4.78 is 10.1. The molecule has 1 aliphatic carbocycles. The van der Waals surface area contributed by atoms with Gasteiger partial charge in [-0.1, -0.05) is 6.92 Å². The number of amides is 1. The van der Waals surface area contributed by atoms with E-state index in [1.807, 2.05) is 6.92 Å². The Bertz CT molecular complexity index is 437. The highest BCUT2D eigenvalue weighted by Crippen LogP contribution is 2.46. The summed E-state index contributed by atoms with van der Waals surface area (Å²) in [4.78, 5) is 25.4. The molecule has 1 aliphatic heterocycles. The van der Waals surface area contributed by atoms with Crippen LogP contribution in [0.1, 0.15) is 26.2 Å². The lowest BCUT2D eigenvalue weighted by atomic mass is 9.62. The van der Waals surface area contributed by atoms with Crippen LogP contribution in [0, 0.1) is 22.7 Å². The molecule has 1 amide bonds. The highest BCUT2D eigenvalue weighted by atomic mass is 16.5. The lowest BCUT2D eigenvalue weighted by Gasteiger charge is -2.44. The van der Waals surface area contributed by atoms with Crippen molar-refractivity contribution in [3.63, 3.8) is 0 Å². The zero-order valence-corrected chi connectivity index (χ0v) is 11.9. The van der Waals surface area contributed by atoms with Gasteiger partial charge < -0.3 is 14.4 Å². The van der Waals surface area contributed by atoms with Gasteiger partial charge in [0.25, 0.3) is 0 Å². The van der Waals surface area contributed by atoms with Crippen LogP contribution in [-0.2, 0) is 19.1 Å². The van der Waals surface area contributed by atoms with Crippen molar-refractivity contribution in [3.05, 3.63) is 0 Å². The molecule has 1 saturated carbocycles. The molecule has 0 aromatic rings. The Morgan fingerprint density at radius 1 is 1.50 bits per heavy atom. The fourth-order valence-corrected chi connectivity index (χ4v) is 3.04. The van der Waals surface area contributed by atoms with Crippen molar-refractivity contribution in [2.24, 2.45) is 11.3 Å². The molecule has 6 heteroatoms. The standard InChI is InChI=1S/C14H20N2O4/c1-10-6-14(7-10,9-15)13(18)16-3-4-20-11(8-16)5-12(17)19-2/h10-11H,3-8H2,1-2H3. The third-order valence-corrected chi connectivity index (χ3v) is 4.07. The summed E-state index contributed by atoms with van der Waals surface area (Å²) in [5.74, 6) is -0.0432. The van der Waals surface area contributed by atoms with Crippen molar-refractivity contribution in [1.29, 1.82) is 5.26 Å². The molecule has 1 unspecified atom stereocenters. The summed E-state index contributed by atoms with van der Waals surface area (Å²) in [5.41, 5.74) is -0.855. The molecule has 2 rings (SSSR count). The first-order valence-electron chi connectivity index (χ1n) is 6.90. The Hall–Kier alpha value is -1.61. The predicted molar refractivity (Wildman–Crippen MR) is 69.4 cm³/mol. The van der Waals surface area contributed by atoms with Crippen molar-refractivity contribution in [2.75, 3.05) is 26.8 Å². The summed E-state index contributed by atoms with van der Waals surface area (Å²) in [6, 6.07) is 2.19. The number of ether oxygens (including phenoxy) is 2. The van der Waals surface area contributed by atoms with Gasteiger partial charge in [0.2, 0.25) is 5.91 Å². The SMILES string of the molecule is COC(=O)CC1CN(C(=O)C2(C#N)CC(C)C2)CCO1. The first kappa shape index (κ1) is 14.8. The monoisotopic (exact) mass is 280 g/mol. The van der Waals surface area contributed by atoms with E-state index in [0.29, 0.717) is 38.5 Å². The van der Waals surface area contributed by atoms with E-state index >= 15 is 0 Å². The Morgan fingerprint density at radius 3 is 2.75 bits per heavy atom. The van der Waals surface area contributed by atoms with Crippen molar-refractivity contribution in [1.82, 2.24) is 4.90 Å². The normalized spacial score (nSPS) is 33.0. The molecule has 1 atom stereocenters. The third kappa shape index (κ3) is 2.78. The Kier molecular flexibility index (Phi) is 4.29. The minimum atomic E-state index is -0.855. The fraction of sp³-hybridized carbons (Fsp3) is 0.786. The maximum Gasteiger partial charge on any atom is 0.308 e. The molecule has 0 N–H and O–H groups in total. The highest BCUT2D eigenvalue weighted by molar-refractivity contribution is 5.86. The third-order valence-electron chi connectivity index (χ3n) is 4.07. The Balaban J connectivity index is 1.97. The van der Waals surface area contributed by atoms with Gasteiger partial charge in [-0.2, -0.15) is 5.26 Å². The van der Waals surface area contributed by atoms with Crippen LogP contribution < -0.4 is 0 Å². The quantitative estimate of drug-likeness (QED) is 0.712. The molecule has 0 radical (unpaired) electrons.